The standard InChI is InChI=1S/C13H18N2O3S/c1-3-15(8-9-18-2)19(16,17)13-10-14-12-7-5-4-6-11(12)13/h4-7,10,14H,3,8-9H2,1-2H3. The highest BCUT2D eigenvalue weighted by molar-refractivity contribution is 7.89. The maximum absolute atomic E-state index is 12.6. The lowest BCUT2D eigenvalue weighted by Crippen LogP contribution is -2.33. The number of likely N-dealkylation sites (N-methyl/N-ethyl adjacent to an activating group) is 1. The number of benzene rings is 1. The van der Waals surface area contributed by atoms with Gasteiger partial charge in [0.1, 0.15) is 4.90 Å². The van der Waals surface area contributed by atoms with E-state index in [-0.39, 0.29) is 0 Å². The van der Waals surface area contributed by atoms with E-state index < -0.39 is 10.0 Å². The third-order valence-electron chi connectivity index (χ3n) is 3.07. The normalized spacial score (nSPS) is 12.4. The molecule has 5 nitrogen and oxygen atoms in total. The minimum Gasteiger partial charge on any atom is -0.383 e. The molecule has 2 rings (SSSR count). The summed E-state index contributed by atoms with van der Waals surface area (Å²) in [6, 6.07) is 7.38. The minimum absolute atomic E-state index is 0.320. The van der Waals surface area contributed by atoms with E-state index in [0.29, 0.717) is 24.6 Å². The molecule has 104 valence electrons. The third kappa shape index (κ3) is 2.65. The Balaban J connectivity index is 2.43. The van der Waals surface area contributed by atoms with Gasteiger partial charge in [-0.3, -0.25) is 0 Å². The smallest absolute Gasteiger partial charge is 0.245 e. The molecule has 1 aromatic carbocycles. The Morgan fingerprint density at radius 3 is 2.74 bits per heavy atom. The molecule has 1 N–H and O–H groups in total. The monoisotopic (exact) mass is 282 g/mol. The van der Waals surface area contributed by atoms with E-state index in [2.05, 4.69) is 4.98 Å². The number of para-hydroxylation sites is 1. The van der Waals surface area contributed by atoms with Crippen molar-refractivity contribution in [2.24, 2.45) is 0 Å². The number of aromatic amines is 1. The zero-order valence-electron chi connectivity index (χ0n) is 11.1. The van der Waals surface area contributed by atoms with Gasteiger partial charge in [0.05, 0.1) is 6.61 Å². The van der Waals surface area contributed by atoms with Crippen LogP contribution in [0, 0.1) is 0 Å². The maximum atomic E-state index is 12.6. The lowest BCUT2D eigenvalue weighted by molar-refractivity contribution is 0.180. The molecule has 0 saturated carbocycles. The number of aromatic nitrogens is 1. The first-order valence-corrected chi connectivity index (χ1v) is 7.60. The molecule has 0 saturated heterocycles. The molecule has 1 heterocycles. The molecule has 0 amide bonds. The Morgan fingerprint density at radius 2 is 2.05 bits per heavy atom. The molecular formula is C13H18N2O3S. The third-order valence-corrected chi connectivity index (χ3v) is 5.08. The van der Waals surface area contributed by atoms with E-state index in [1.54, 1.807) is 13.3 Å². The average molecular weight is 282 g/mol. The number of ether oxygens (including phenoxy) is 1. The van der Waals surface area contributed by atoms with Crippen LogP contribution in [0.3, 0.4) is 0 Å². The van der Waals surface area contributed by atoms with E-state index in [4.69, 9.17) is 4.74 Å². The summed E-state index contributed by atoms with van der Waals surface area (Å²) in [6.45, 7) is 2.98. The largest absolute Gasteiger partial charge is 0.383 e. The number of nitrogens with zero attached hydrogens (tertiary/aromatic N) is 1. The predicted molar refractivity (Wildman–Crippen MR) is 74.6 cm³/mol. The molecule has 0 radical (unpaired) electrons. The van der Waals surface area contributed by atoms with Crippen LogP contribution in [0.1, 0.15) is 6.92 Å². The van der Waals surface area contributed by atoms with Crippen molar-refractivity contribution in [2.75, 3.05) is 26.8 Å². The van der Waals surface area contributed by atoms with Gasteiger partial charge in [0, 0.05) is 37.3 Å². The van der Waals surface area contributed by atoms with Gasteiger partial charge in [-0.2, -0.15) is 4.31 Å². The maximum Gasteiger partial charge on any atom is 0.245 e. The van der Waals surface area contributed by atoms with Gasteiger partial charge >= 0.3 is 0 Å². The summed E-state index contributed by atoms with van der Waals surface area (Å²) in [4.78, 5) is 3.31. The van der Waals surface area contributed by atoms with Crippen LogP contribution in [0.5, 0.6) is 0 Å². The number of H-pyrrole nitrogens is 1. The second-order valence-electron chi connectivity index (χ2n) is 4.19. The molecular weight excluding hydrogens is 264 g/mol. The second kappa shape index (κ2) is 5.73. The molecule has 0 atom stereocenters. The molecule has 0 spiro atoms. The molecule has 0 fully saturated rings. The van der Waals surface area contributed by atoms with E-state index >= 15 is 0 Å². The van der Waals surface area contributed by atoms with Crippen LogP contribution < -0.4 is 0 Å². The van der Waals surface area contributed by atoms with Crippen LogP contribution in [0.25, 0.3) is 10.9 Å². The fraction of sp³-hybridized carbons (Fsp3) is 0.385. The van der Waals surface area contributed by atoms with Crippen molar-refractivity contribution in [2.45, 2.75) is 11.8 Å². The molecule has 1 aromatic heterocycles. The van der Waals surface area contributed by atoms with Crippen LogP contribution in [-0.2, 0) is 14.8 Å². The number of rotatable bonds is 6. The zero-order valence-corrected chi connectivity index (χ0v) is 11.9. The Bertz CT molecular complexity index is 649. The van der Waals surface area contributed by atoms with E-state index in [1.165, 1.54) is 4.31 Å². The van der Waals surface area contributed by atoms with Crippen molar-refractivity contribution in [1.82, 2.24) is 9.29 Å². The molecule has 0 bridgehead atoms. The Morgan fingerprint density at radius 1 is 1.32 bits per heavy atom. The van der Waals surface area contributed by atoms with Gasteiger partial charge in [-0.05, 0) is 6.07 Å². The van der Waals surface area contributed by atoms with E-state index in [9.17, 15) is 8.42 Å². The quantitative estimate of drug-likeness (QED) is 0.879. The predicted octanol–water partition coefficient (Wildman–Crippen LogP) is 1.82. The van der Waals surface area contributed by atoms with Crippen molar-refractivity contribution < 1.29 is 13.2 Å². The lowest BCUT2D eigenvalue weighted by Gasteiger charge is -2.19. The van der Waals surface area contributed by atoms with Crippen molar-refractivity contribution in [3.05, 3.63) is 30.5 Å². The van der Waals surface area contributed by atoms with Gasteiger partial charge in [0.2, 0.25) is 10.0 Å². The molecule has 6 heteroatoms. The molecule has 0 aliphatic rings. The molecule has 0 unspecified atom stereocenters. The molecule has 19 heavy (non-hydrogen) atoms. The first-order valence-electron chi connectivity index (χ1n) is 6.16. The Labute approximate surface area is 113 Å². The number of sulfonamides is 1. The Hall–Kier alpha value is -1.37. The van der Waals surface area contributed by atoms with Gasteiger partial charge in [0.25, 0.3) is 0 Å². The fourth-order valence-corrected chi connectivity index (χ4v) is 3.64. The Kier molecular flexibility index (Phi) is 4.24. The number of nitrogens with one attached hydrogen (secondary N) is 1. The van der Waals surface area contributed by atoms with Gasteiger partial charge in [-0.25, -0.2) is 8.42 Å². The van der Waals surface area contributed by atoms with Crippen LogP contribution in [-0.4, -0.2) is 44.5 Å². The topological polar surface area (TPSA) is 62.4 Å². The minimum atomic E-state index is -3.48. The van der Waals surface area contributed by atoms with Crippen LogP contribution >= 0.6 is 0 Å². The second-order valence-corrected chi connectivity index (χ2v) is 6.09. The van der Waals surface area contributed by atoms with Gasteiger partial charge in [0.15, 0.2) is 0 Å². The summed E-state index contributed by atoms with van der Waals surface area (Å²) >= 11 is 0. The summed E-state index contributed by atoms with van der Waals surface area (Å²) in [7, 11) is -1.92. The van der Waals surface area contributed by atoms with Crippen LogP contribution in [0.15, 0.2) is 35.4 Å². The zero-order chi connectivity index (χ0) is 13.9. The first-order chi connectivity index (χ1) is 9.11. The fourth-order valence-electron chi connectivity index (χ4n) is 2.04. The highest BCUT2D eigenvalue weighted by atomic mass is 32.2. The summed E-state index contributed by atoms with van der Waals surface area (Å²) in [5, 5.41) is 0.721. The summed E-state index contributed by atoms with van der Waals surface area (Å²) in [5.74, 6) is 0. The number of methoxy groups -OCH3 is 1. The van der Waals surface area contributed by atoms with Gasteiger partial charge in [-0.15, -0.1) is 0 Å². The molecule has 0 aliphatic heterocycles. The first kappa shape index (κ1) is 14.0. The van der Waals surface area contributed by atoms with Gasteiger partial charge in [-0.1, -0.05) is 25.1 Å². The van der Waals surface area contributed by atoms with Crippen molar-refractivity contribution in [1.29, 1.82) is 0 Å². The van der Waals surface area contributed by atoms with Crippen LogP contribution in [0.2, 0.25) is 0 Å². The van der Waals surface area contributed by atoms with Crippen molar-refractivity contribution >= 4 is 20.9 Å². The van der Waals surface area contributed by atoms with Crippen molar-refractivity contribution in [3.8, 4) is 0 Å². The number of hydrogen-bond donors (Lipinski definition) is 1. The van der Waals surface area contributed by atoms with Crippen LogP contribution in [0.4, 0.5) is 0 Å². The summed E-state index contributed by atoms with van der Waals surface area (Å²) in [5.41, 5.74) is 0.823. The highest BCUT2D eigenvalue weighted by Crippen LogP contribution is 2.25. The lowest BCUT2D eigenvalue weighted by atomic mass is 10.2. The molecule has 0 aliphatic carbocycles. The SMILES string of the molecule is CCN(CCOC)S(=O)(=O)c1c[nH]c2ccccc12. The summed E-state index contributed by atoms with van der Waals surface area (Å²) < 4.78 is 31.6. The molecule has 2 aromatic rings. The van der Waals surface area contributed by atoms with Gasteiger partial charge < -0.3 is 9.72 Å². The number of fused-ring (bicyclic) bond motifs is 1. The highest BCUT2D eigenvalue weighted by Gasteiger charge is 2.25. The van der Waals surface area contributed by atoms with E-state index in [0.717, 1.165) is 10.9 Å². The number of hydrogen-bond acceptors (Lipinski definition) is 3. The average Bonchev–Trinajstić information content (AvgIpc) is 2.84. The van der Waals surface area contributed by atoms with Crippen molar-refractivity contribution in [3.63, 3.8) is 0 Å². The van der Waals surface area contributed by atoms with E-state index in [1.807, 2.05) is 31.2 Å². The summed E-state index contributed by atoms with van der Waals surface area (Å²) in [6.07, 6.45) is 1.55.